The van der Waals surface area contributed by atoms with Gasteiger partial charge in [0.15, 0.2) is 0 Å². The molecular weight excluding hydrogens is 349 g/mol. The number of halogens is 2. The van der Waals surface area contributed by atoms with Crippen LogP contribution in [0.5, 0.6) is 0 Å². The number of rotatable bonds is 8. The van der Waals surface area contributed by atoms with Gasteiger partial charge in [0.05, 0.1) is 16.0 Å². The molecule has 0 unspecified atom stereocenters. The molecule has 0 saturated heterocycles. The lowest BCUT2D eigenvalue weighted by Gasteiger charge is -2.28. The van der Waals surface area contributed by atoms with Crippen LogP contribution in [0.1, 0.15) is 50.4 Å². The van der Waals surface area contributed by atoms with Crippen molar-refractivity contribution in [2.75, 3.05) is 18.4 Å². The fraction of sp³-hybridized carbons (Fsp3) is 0.529. The van der Waals surface area contributed by atoms with E-state index in [1.807, 2.05) is 20.8 Å². The summed E-state index contributed by atoms with van der Waals surface area (Å²) >= 11 is 6.17. The van der Waals surface area contributed by atoms with E-state index in [4.69, 9.17) is 17.3 Å². The van der Waals surface area contributed by atoms with Crippen molar-refractivity contribution >= 4 is 41.5 Å². The third-order valence-corrected chi connectivity index (χ3v) is 4.55. The Bertz CT molecular complexity index is 553. The zero-order chi connectivity index (χ0) is 17.5. The maximum atomic E-state index is 12.5. The lowest BCUT2D eigenvalue weighted by atomic mass is 9.81. The molecule has 0 aromatic heterocycles. The number of hydrogen-bond acceptors (Lipinski definition) is 3. The van der Waals surface area contributed by atoms with E-state index in [9.17, 15) is 9.59 Å². The molecule has 1 rings (SSSR count). The van der Waals surface area contributed by atoms with Crippen LogP contribution >= 0.6 is 24.0 Å². The van der Waals surface area contributed by atoms with Crippen molar-refractivity contribution in [3.63, 3.8) is 0 Å². The molecular formula is C17H27Cl2N3O2. The first-order chi connectivity index (χ1) is 10.9. The smallest absolute Gasteiger partial charge is 0.252 e. The zero-order valence-corrected chi connectivity index (χ0v) is 16.0. The standard InChI is InChI=1S/C17H26ClN3O2.ClH/c1-4-9-20-15(22)13-8-7-12(10-14(13)18)21-16(23)17(5-2,6-3)11-19;/h7-8,10H,4-6,9,11,19H2,1-3H3,(H,20,22)(H,21,23);1H. The van der Waals surface area contributed by atoms with Crippen molar-refractivity contribution in [3.8, 4) is 0 Å². The maximum absolute atomic E-state index is 12.5. The lowest BCUT2D eigenvalue weighted by molar-refractivity contribution is -0.125. The summed E-state index contributed by atoms with van der Waals surface area (Å²) in [5.41, 5.74) is 6.16. The van der Waals surface area contributed by atoms with Gasteiger partial charge in [0.25, 0.3) is 5.91 Å². The van der Waals surface area contributed by atoms with Crippen molar-refractivity contribution in [3.05, 3.63) is 28.8 Å². The predicted octanol–water partition coefficient (Wildman–Crippen LogP) is 3.61. The topological polar surface area (TPSA) is 84.2 Å². The molecule has 0 radical (unpaired) electrons. The Morgan fingerprint density at radius 3 is 2.29 bits per heavy atom. The van der Waals surface area contributed by atoms with Gasteiger partial charge < -0.3 is 16.4 Å². The Hall–Kier alpha value is -1.30. The quantitative estimate of drug-likeness (QED) is 0.648. The number of carbonyl (C=O) groups is 2. The van der Waals surface area contributed by atoms with Gasteiger partial charge in [0.1, 0.15) is 0 Å². The number of nitrogens with two attached hydrogens (primary N) is 1. The van der Waals surface area contributed by atoms with E-state index in [1.54, 1.807) is 18.2 Å². The van der Waals surface area contributed by atoms with Crippen molar-refractivity contribution < 1.29 is 9.59 Å². The molecule has 24 heavy (non-hydrogen) atoms. The Morgan fingerprint density at radius 2 is 1.83 bits per heavy atom. The largest absolute Gasteiger partial charge is 0.352 e. The molecule has 7 heteroatoms. The molecule has 136 valence electrons. The van der Waals surface area contributed by atoms with Crippen LogP contribution in [-0.4, -0.2) is 24.9 Å². The van der Waals surface area contributed by atoms with Crippen LogP contribution in [0.25, 0.3) is 0 Å². The minimum Gasteiger partial charge on any atom is -0.352 e. The average molecular weight is 376 g/mol. The van der Waals surface area contributed by atoms with E-state index in [1.165, 1.54) is 0 Å². The van der Waals surface area contributed by atoms with E-state index in [0.717, 1.165) is 6.42 Å². The SMILES string of the molecule is CCCNC(=O)c1ccc(NC(=O)C(CC)(CC)CN)cc1Cl.Cl. The Kier molecular flexibility index (Phi) is 9.97. The van der Waals surface area contributed by atoms with Crippen LogP contribution in [0.15, 0.2) is 18.2 Å². The number of nitrogens with one attached hydrogen (secondary N) is 2. The van der Waals surface area contributed by atoms with Crippen LogP contribution in [0, 0.1) is 5.41 Å². The average Bonchev–Trinajstić information content (AvgIpc) is 2.55. The summed E-state index contributed by atoms with van der Waals surface area (Å²) in [6.07, 6.45) is 2.18. The van der Waals surface area contributed by atoms with Gasteiger partial charge >= 0.3 is 0 Å². The molecule has 4 N–H and O–H groups in total. The molecule has 0 heterocycles. The van der Waals surface area contributed by atoms with Crippen LogP contribution in [0.2, 0.25) is 5.02 Å². The maximum Gasteiger partial charge on any atom is 0.252 e. The Labute approximate surface area is 155 Å². The lowest BCUT2D eigenvalue weighted by Crippen LogP contribution is -2.41. The predicted molar refractivity (Wildman–Crippen MR) is 102 cm³/mol. The summed E-state index contributed by atoms with van der Waals surface area (Å²) in [4.78, 5) is 24.4. The first kappa shape index (κ1) is 22.7. The van der Waals surface area contributed by atoms with E-state index in [0.29, 0.717) is 35.7 Å². The summed E-state index contributed by atoms with van der Waals surface area (Å²) in [5, 5.41) is 5.93. The number of hydrogen-bond donors (Lipinski definition) is 3. The van der Waals surface area contributed by atoms with Gasteiger partial charge in [0, 0.05) is 18.8 Å². The Balaban J connectivity index is 0.00000529. The van der Waals surface area contributed by atoms with Gasteiger partial charge in [-0.2, -0.15) is 0 Å². The van der Waals surface area contributed by atoms with Crippen molar-refractivity contribution in [1.29, 1.82) is 0 Å². The molecule has 0 saturated carbocycles. The van der Waals surface area contributed by atoms with Crippen LogP contribution in [0.3, 0.4) is 0 Å². The second-order valence-corrected chi connectivity index (χ2v) is 6.00. The highest BCUT2D eigenvalue weighted by atomic mass is 35.5. The molecule has 0 bridgehead atoms. The van der Waals surface area contributed by atoms with E-state index in [2.05, 4.69) is 10.6 Å². The van der Waals surface area contributed by atoms with E-state index >= 15 is 0 Å². The fourth-order valence-electron chi connectivity index (χ4n) is 2.33. The van der Waals surface area contributed by atoms with Crippen LogP contribution in [0.4, 0.5) is 5.69 Å². The van der Waals surface area contributed by atoms with Crippen LogP contribution < -0.4 is 16.4 Å². The second-order valence-electron chi connectivity index (χ2n) is 5.60. The molecule has 2 amide bonds. The molecule has 0 aliphatic rings. The molecule has 0 fully saturated rings. The normalized spacial score (nSPS) is 10.7. The van der Waals surface area contributed by atoms with Gasteiger partial charge in [-0.3, -0.25) is 9.59 Å². The van der Waals surface area contributed by atoms with Gasteiger partial charge in [-0.05, 0) is 37.5 Å². The Morgan fingerprint density at radius 1 is 1.21 bits per heavy atom. The molecule has 0 atom stereocenters. The minimum atomic E-state index is -0.580. The molecule has 5 nitrogen and oxygen atoms in total. The highest BCUT2D eigenvalue weighted by Gasteiger charge is 2.33. The second kappa shape index (κ2) is 10.5. The zero-order valence-electron chi connectivity index (χ0n) is 14.4. The van der Waals surface area contributed by atoms with E-state index < -0.39 is 5.41 Å². The fourth-order valence-corrected chi connectivity index (χ4v) is 2.59. The van der Waals surface area contributed by atoms with Gasteiger partial charge in [-0.15, -0.1) is 12.4 Å². The molecule has 0 spiro atoms. The van der Waals surface area contributed by atoms with Gasteiger partial charge in [-0.1, -0.05) is 32.4 Å². The van der Waals surface area contributed by atoms with Crippen molar-refractivity contribution in [1.82, 2.24) is 5.32 Å². The van der Waals surface area contributed by atoms with Gasteiger partial charge in [-0.25, -0.2) is 0 Å². The first-order valence-electron chi connectivity index (χ1n) is 8.03. The highest BCUT2D eigenvalue weighted by Crippen LogP contribution is 2.28. The first-order valence-corrected chi connectivity index (χ1v) is 8.41. The van der Waals surface area contributed by atoms with Crippen LogP contribution in [-0.2, 0) is 4.79 Å². The summed E-state index contributed by atoms with van der Waals surface area (Å²) < 4.78 is 0. The number of amides is 2. The van der Waals surface area contributed by atoms with Gasteiger partial charge in [0.2, 0.25) is 5.91 Å². The molecule has 0 aliphatic carbocycles. The van der Waals surface area contributed by atoms with Crippen molar-refractivity contribution in [2.24, 2.45) is 11.1 Å². The number of benzene rings is 1. The summed E-state index contributed by atoms with van der Waals surface area (Å²) in [6, 6.07) is 4.88. The third kappa shape index (κ3) is 5.36. The summed E-state index contributed by atoms with van der Waals surface area (Å²) in [5.74, 6) is -0.336. The summed E-state index contributed by atoms with van der Waals surface area (Å²) in [6.45, 7) is 6.76. The molecule has 1 aromatic rings. The number of carbonyl (C=O) groups excluding carboxylic acids is 2. The highest BCUT2D eigenvalue weighted by molar-refractivity contribution is 6.34. The van der Waals surface area contributed by atoms with Crippen molar-refractivity contribution in [2.45, 2.75) is 40.0 Å². The monoisotopic (exact) mass is 375 g/mol. The summed E-state index contributed by atoms with van der Waals surface area (Å²) in [7, 11) is 0. The third-order valence-electron chi connectivity index (χ3n) is 4.23. The molecule has 1 aromatic carbocycles. The minimum absolute atomic E-state index is 0. The van der Waals surface area contributed by atoms with E-state index in [-0.39, 0.29) is 30.8 Å². The molecule has 0 aliphatic heterocycles. The number of anilines is 1.